The van der Waals surface area contributed by atoms with Crippen LogP contribution in [0.25, 0.3) is 0 Å². The summed E-state index contributed by atoms with van der Waals surface area (Å²) in [4.78, 5) is 0. The maximum Gasteiger partial charge on any atom is 0.199 e. The molecule has 2 nitrogen and oxygen atoms in total. The summed E-state index contributed by atoms with van der Waals surface area (Å²) in [5, 5.41) is 0. The Morgan fingerprint density at radius 2 is 2.14 bits per heavy atom. The predicted octanol–water partition coefficient (Wildman–Crippen LogP) is 3.23. The molecule has 1 aliphatic heterocycles. The number of hydrogen-bond acceptors (Lipinski definition) is 2. The second-order valence-corrected chi connectivity index (χ2v) is 4.30. The van der Waals surface area contributed by atoms with E-state index >= 15 is 0 Å². The zero-order valence-corrected chi connectivity index (χ0v) is 9.21. The van der Waals surface area contributed by atoms with E-state index < -0.39 is 0 Å². The summed E-state index contributed by atoms with van der Waals surface area (Å²) in [7, 11) is 0. The standard InChI is InChI=1S/C12H20O2/c1-3-13-12-8-9(2)10-6-4-5-7-11(10)14-12/h9,12H,3-8H2,1-2H3. The lowest BCUT2D eigenvalue weighted by molar-refractivity contribution is -0.134. The van der Waals surface area contributed by atoms with Crippen LogP contribution in [-0.4, -0.2) is 12.9 Å². The molecule has 2 rings (SSSR count). The summed E-state index contributed by atoms with van der Waals surface area (Å²) in [6.45, 7) is 5.08. The molecule has 0 saturated carbocycles. The molecule has 0 fully saturated rings. The first-order valence-electron chi connectivity index (χ1n) is 5.81. The Bertz CT molecular complexity index is 232. The summed E-state index contributed by atoms with van der Waals surface area (Å²) in [6, 6.07) is 0. The molecule has 2 aliphatic rings. The molecule has 1 aliphatic carbocycles. The normalized spacial score (nSPS) is 32.4. The quantitative estimate of drug-likeness (QED) is 0.675. The van der Waals surface area contributed by atoms with E-state index in [9.17, 15) is 0 Å². The maximum atomic E-state index is 5.86. The molecule has 1 heterocycles. The molecule has 0 saturated heterocycles. The molecule has 2 unspecified atom stereocenters. The van der Waals surface area contributed by atoms with Gasteiger partial charge >= 0.3 is 0 Å². The average Bonchev–Trinajstić information content (AvgIpc) is 2.18. The van der Waals surface area contributed by atoms with Crippen LogP contribution in [0.3, 0.4) is 0 Å². The molecule has 14 heavy (non-hydrogen) atoms. The summed E-state index contributed by atoms with van der Waals surface area (Å²) in [6.07, 6.45) is 6.05. The monoisotopic (exact) mass is 196 g/mol. The second kappa shape index (κ2) is 4.35. The Morgan fingerprint density at radius 3 is 2.93 bits per heavy atom. The van der Waals surface area contributed by atoms with Gasteiger partial charge in [-0.2, -0.15) is 0 Å². The molecule has 0 spiro atoms. The first kappa shape index (κ1) is 10.0. The molecular weight excluding hydrogens is 176 g/mol. The van der Waals surface area contributed by atoms with E-state index in [1.807, 2.05) is 6.92 Å². The minimum Gasteiger partial charge on any atom is -0.469 e. The Kier molecular flexibility index (Phi) is 3.12. The SMILES string of the molecule is CCOC1CC(C)C2=C(CCCC2)O1. The van der Waals surface area contributed by atoms with Crippen molar-refractivity contribution in [3.8, 4) is 0 Å². The van der Waals surface area contributed by atoms with E-state index in [0.29, 0.717) is 5.92 Å². The van der Waals surface area contributed by atoms with Crippen LogP contribution in [0.15, 0.2) is 11.3 Å². The summed E-state index contributed by atoms with van der Waals surface area (Å²) >= 11 is 0. The van der Waals surface area contributed by atoms with E-state index in [2.05, 4.69) is 6.92 Å². The van der Waals surface area contributed by atoms with Crippen molar-refractivity contribution in [2.24, 2.45) is 5.92 Å². The first-order valence-corrected chi connectivity index (χ1v) is 5.81. The highest BCUT2D eigenvalue weighted by Gasteiger charge is 2.29. The topological polar surface area (TPSA) is 18.5 Å². The van der Waals surface area contributed by atoms with E-state index in [1.165, 1.54) is 25.0 Å². The van der Waals surface area contributed by atoms with Crippen molar-refractivity contribution in [3.63, 3.8) is 0 Å². The van der Waals surface area contributed by atoms with Gasteiger partial charge in [0.1, 0.15) is 0 Å². The highest BCUT2D eigenvalue weighted by molar-refractivity contribution is 5.16. The van der Waals surface area contributed by atoms with Crippen LogP contribution >= 0.6 is 0 Å². The lowest BCUT2D eigenvalue weighted by atomic mass is 9.85. The van der Waals surface area contributed by atoms with E-state index in [0.717, 1.165) is 19.4 Å². The predicted molar refractivity (Wildman–Crippen MR) is 55.8 cm³/mol. The van der Waals surface area contributed by atoms with Gasteiger partial charge in [0, 0.05) is 19.4 Å². The molecule has 0 bridgehead atoms. The number of rotatable bonds is 2. The van der Waals surface area contributed by atoms with Crippen molar-refractivity contribution in [2.45, 2.75) is 52.2 Å². The van der Waals surface area contributed by atoms with Crippen molar-refractivity contribution >= 4 is 0 Å². The molecule has 0 N–H and O–H groups in total. The molecule has 0 amide bonds. The zero-order valence-electron chi connectivity index (χ0n) is 9.21. The number of ether oxygens (including phenoxy) is 2. The average molecular weight is 196 g/mol. The molecule has 2 heteroatoms. The zero-order chi connectivity index (χ0) is 9.97. The van der Waals surface area contributed by atoms with Gasteiger partial charge in [0.15, 0.2) is 6.29 Å². The Labute approximate surface area is 86.3 Å². The lowest BCUT2D eigenvalue weighted by Gasteiger charge is -2.34. The van der Waals surface area contributed by atoms with Gasteiger partial charge in [0.25, 0.3) is 0 Å². The van der Waals surface area contributed by atoms with Crippen LogP contribution in [0.2, 0.25) is 0 Å². The third-order valence-corrected chi connectivity index (χ3v) is 3.23. The van der Waals surface area contributed by atoms with Crippen LogP contribution in [-0.2, 0) is 9.47 Å². The number of allylic oxidation sites excluding steroid dienone is 2. The fourth-order valence-electron chi connectivity index (χ4n) is 2.48. The van der Waals surface area contributed by atoms with E-state index in [-0.39, 0.29) is 6.29 Å². The van der Waals surface area contributed by atoms with Crippen LogP contribution in [0.4, 0.5) is 0 Å². The van der Waals surface area contributed by atoms with Gasteiger partial charge in [0.05, 0.1) is 5.76 Å². The van der Waals surface area contributed by atoms with Gasteiger partial charge in [0.2, 0.25) is 0 Å². The molecule has 0 aromatic rings. The molecular formula is C12H20O2. The van der Waals surface area contributed by atoms with E-state index in [1.54, 1.807) is 5.57 Å². The fourth-order valence-corrected chi connectivity index (χ4v) is 2.48. The van der Waals surface area contributed by atoms with Crippen molar-refractivity contribution in [3.05, 3.63) is 11.3 Å². The third-order valence-electron chi connectivity index (χ3n) is 3.23. The van der Waals surface area contributed by atoms with Crippen LogP contribution in [0.5, 0.6) is 0 Å². The highest BCUT2D eigenvalue weighted by Crippen LogP contribution is 2.38. The summed E-state index contributed by atoms with van der Waals surface area (Å²) < 4.78 is 11.4. The van der Waals surface area contributed by atoms with Gasteiger partial charge in [-0.25, -0.2) is 0 Å². The van der Waals surface area contributed by atoms with Gasteiger partial charge in [-0.3, -0.25) is 0 Å². The molecule has 80 valence electrons. The maximum absolute atomic E-state index is 5.86. The van der Waals surface area contributed by atoms with Gasteiger partial charge in [-0.05, 0) is 37.7 Å². The summed E-state index contributed by atoms with van der Waals surface area (Å²) in [5.41, 5.74) is 1.56. The summed E-state index contributed by atoms with van der Waals surface area (Å²) in [5.74, 6) is 1.91. The van der Waals surface area contributed by atoms with Crippen molar-refractivity contribution < 1.29 is 9.47 Å². The van der Waals surface area contributed by atoms with Gasteiger partial charge < -0.3 is 9.47 Å². The third kappa shape index (κ3) is 1.95. The fraction of sp³-hybridized carbons (Fsp3) is 0.833. The van der Waals surface area contributed by atoms with Crippen molar-refractivity contribution in [1.29, 1.82) is 0 Å². The van der Waals surface area contributed by atoms with Crippen molar-refractivity contribution in [1.82, 2.24) is 0 Å². The molecule has 2 atom stereocenters. The first-order chi connectivity index (χ1) is 6.81. The van der Waals surface area contributed by atoms with Gasteiger partial charge in [-0.15, -0.1) is 0 Å². The highest BCUT2D eigenvalue weighted by atomic mass is 16.7. The Hall–Kier alpha value is -0.500. The van der Waals surface area contributed by atoms with Crippen LogP contribution < -0.4 is 0 Å². The smallest absolute Gasteiger partial charge is 0.199 e. The van der Waals surface area contributed by atoms with Crippen molar-refractivity contribution in [2.75, 3.05) is 6.61 Å². The minimum atomic E-state index is 0.0202. The lowest BCUT2D eigenvalue weighted by Crippen LogP contribution is -2.28. The van der Waals surface area contributed by atoms with E-state index in [4.69, 9.17) is 9.47 Å². The number of hydrogen-bond donors (Lipinski definition) is 0. The minimum absolute atomic E-state index is 0.0202. The van der Waals surface area contributed by atoms with Crippen LogP contribution in [0.1, 0.15) is 46.0 Å². The van der Waals surface area contributed by atoms with Gasteiger partial charge in [-0.1, -0.05) is 6.92 Å². The van der Waals surface area contributed by atoms with Crippen LogP contribution in [0, 0.1) is 5.92 Å². The second-order valence-electron chi connectivity index (χ2n) is 4.30. The molecule has 0 aromatic heterocycles. The molecule has 0 radical (unpaired) electrons. The Morgan fingerprint density at radius 1 is 1.36 bits per heavy atom. The Balaban J connectivity index is 2.07. The largest absolute Gasteiger partial charge is 0.469 e. The molecule has 0 aromatic carbocycles.